The fourth-order valence-corrected chi connectivity index (χ4v) is 4.97. The molecule has 0 aromatic heterocycles. The van der Waals surface area contributed by atoms with Crippen molar-refractivity contribution in [1.82, 2.24) is 10.0 Å². The number of hydrogen-bond acceptors (Lipinski definition) is 6. The molecule has 0 aliphatic rings. The molecule has 0 radical (unpaired) electrons. The highest BCUT2D eigenvalue weighted by molar-refractivity contribution is 7.90. The molecule has 4 amide bonds. The minimum absolute atomic E-state index is 0.0550. The van der Waals surface area contributed by atoms with Crippen LogP contribution in [0.2, 0.25) is 0 Å². The van der Waals surface area contributed by atoms with Gasteiger partial charge >= 0.3 is 6.03 Å². The van der Waals surface area contributed by atoms with Crippen LogP contribution in [0.5, 0.6) is 5.75 Å². The third-order valence-electron chi connectivity index (χ3n) is 5.90. The first-order chi connectivity index (χ1) is 17.5. The van der Waals surface area contributed by atoms with Gasteiger partial charge in [0, 0.05) is 18.7 Å². The third kappa shape index (κ3) is 6.44. The monoisotopic (exact) mass is 524 g/mol. The van der Waals surface area contributed by atoms with Crippen LogP contribution in [0, 0.1) is 6.92 Å². The Morgan fingerprint density at radius 1 is 1.00 bits per heavy atom. The summed E-state index contributed by atoms with van der Waals surface area (Å²) in [5.74, 6) is -1.29. The van der Waals surface area contributed by atoms with Gasteiger partial charge < -0.3 is 20.6 Å². The van der Waals surface area contributed by atoms with Gasteiger partial charge in [-0.1, -0.05) is 55.5 Å². The van der Waals surface area contributed by atoms with Gasteiger partial charge in [-0.3, -0.25) is 9.59 Å². The molecule has 4 N–H and O–H groups in total. The number of aryl methyl sites for hydroxylation is 1. The molecule has 37 heavy (non-hydrogen) atoms. The zero-order valence-corrected chi connectivity index (χ0v) is 21.3. The number of phenolic OH excluding ortho intramolecular Hbond substituents is 1. The fourth-order valence-electron chi connectivity index (χ4n) is 3.80. The SMILES string of the molecule is Cc1ccccc1S(=O)(=O)NC(=O)NC(C(=O)N(C)c1ccc(O)c(NC=O)c1)C(C)c1ccccc1. The smallest absolute Gasteiger partial charge is 0.329 e. The van der Waals surface area contributed by atoms with Crippen molar-refractivity contribution in [3.63, 3.8) is 0 Å². The van der Waals surface area contributed by atoms with E-state index in [1.54, 1.807) is 56.3 Å². The van der Waals surface area contributed by atoms with Gasteiger partial charge in [0.2, 0.25) is 12.3 Å². The van der Waals surface area contributed by atoms with Crippen LogP contribution in [-0.2, 0) is 19.6 Å². The number of carbonyl (C=O) groups excluding carboxylic acids is 3. The van der Waals surface area contributed by atoms with Crippen LogP contribution >= 0.6 is 0 Å². The van der Waals surface area contributed by atoms with Gasteiger partial charge in [-0.25, -0.2) is 17.9 Å². The number of nitrogens with zero attached hydrogens (tertiary/aromatic N) is 1. The van der Waals surface area contributed by atoms with Gasteiger partial charge in [-0.2, -0.15) is 0 Å². The predicted molar refractivity (Wildman–Crippen MR) is 140 cm³/mol. The molecule has 3 rings (SSSR count). The van der Waals surface area contributed by atoms with Crippen LogP contribution < -0.4 is 20.3 Å². The lowest BCUT2D eigenvalue weighted by molar-refractivity contribution is -0.120. The van der Waals surface area contributed by atoms with E-state index in [9.17, 15) is 27.9 Å². The Morgan fingerprint density at radius 2 is 1.65 bits per heavy atom. The molecule has 2 atom stereocenters. The van der Waals surface area contributed by atoms with E-state index in [0.717, 1.165) is 5.56 Å². The number of nitrogens with one attached hydrogen (secondary N) is 3. The number of rotatable bonds is 9. The Labute approximate surface area is 215 Å². The summed E-state index contributed by atoms with van der Waals surface area (Å²) in [6, 6.07) is 17.1. The third-order valence-corrected chi connectivity index (χ3v) is 7.39. The summed E-state index contributed by atoms with van der Waals surface area (Å²) >= 11 is 0. The van der Waals surface area contributed by atoms with Crippen LogP contribution in [0.3, 0.4) is 0 Å². The minimum atomic E-state index is -4.20. The molecule has 0 saturated carbocycles. The highest BCUT2D eigenvalue weighted by Crippen LogP contribution is 2.29. The van der Waals surface area contributed by atoms with Crippen molar-refractivity contribution in [3.05, 3.63) is 83.9 Å². The molecule has 0 bridgehead atoms. The maximum atomic E-state index is 13.6. The van der Waals surface area contributed by atoms with E-state index in [4.69, 9.17) is 0 Å². The van der Waals surface area contributed by atoms with E-state index in [2.05, 4.69) is 10.6 Å². The molecular weight excluding hydrogens is 496 g/mol. The number of likely N-dealkylation sites (N-methyl/N-ethyl adjacent to an activating group) is 1. The molecule has 3 aromatic carbocycles. The molecule has 0 fully saturated rings. The lowest BCUT2D eigenvalue weighted by atomic mass is 9.92. The first-order valence-corrected chi connectivity index (χ1v) is 12.8. The maximum Gasteiger partial charge on any atom is 0.329 e. The average molecular weight is 525 g/mol. The molecule has 0 aliphatic carbocycles. The standard InChI is InChI=1S/C26H28N4O6S/c1-17-9-7-8-12-23(17)37(35,36)29-26(34)28-24(18(2)19-10-5-4-6-11-19)25(33)30(3)20-13-14-22(32)21(15-20)27-16-31/h4-16,18,24,32H,1-3H3,(H,27,31)(H2,28,29,34). The normalized spacial score (nSPS) is 12.6. The average Bonchev–Trinajstić information content (AvgIpc) is 2.88. The quantitative estimate of drug-likeness (QED) is 0.250. The van der Waals surface area contributed by atoms with Crippen molar-refractivity contribution in [2.75, 3.05) is 17.3 Å². The number of aromatic hydroxyl groups is 1. The molecule has 0 saturated heterocycles. The molecule has 0 aliphatic heterocycles. The second-order valence-corrected chi connectivity index (χ2v) is 10.0. The first kappa shape index (κ1) is 27.2. The van der Waals surface area contributed by atoms with E-state index in [0.29, 0.717) is 17.7 Å². The van der Waals surface area contributed by atoms with E-state index in [1.165, 1.54) is 36.2 Å². The Hall–Kier alpha value is -4.38. The van der Waals surface area contributed by atoms with Gasteiger partial charge in [-0.05, 0) is 42.3 Å². The van der Waals surface area contributed by atoms with Crippen molar-refractivity contribution in [3.8, 4) is 5.75 Å². The van der Waals surface area contributed by atoms with Crippen molar-refractivity contribution < 1.29 is 27.9 Å². The van der Waals surface area contributed by atoms with Gasteiger partial charge in [0.15, 0.2) is 0 Å². The molecule has 10 nitrogen and oxygen atoms in total. The molecular formula is C26H28N4O6S. The Balaban J connectivity index is 1.91. The highest BCUT2D eigenvalue weighted by atomic mass is 32.2. The van der Waals surface area contributed by atoms with Crippen LogP contribution in [0.4, 0.5) is 16.2 Å². The van der Waals surface area contributed by atoms with Crippen LogP contribution in [0.1, 0.15) is 24.0 Å². The fraction of sp³-hybridized carbons (Fsp3) is 0.192. The summed E-state index contributed by atoms with van der Waals surface area (Å²) in [6.07, 6.45) is 0.391. The van der Waals surface area contributed by atoms with Gasteiger partial charge in [0.05, 0.1) is 10.6 Å². The Kier molecular flexibility index (Phi) is 8.51. The summed E-state index contributed by atoms with van der Waals surface area (Å²) in [5.41, 5.74) is 1.62. The van der Waals surface area contributed by atoms with Gasteiger partial charge in [0.1, 0.15) is 11.8 Å². The van der Waals surface area contributed by atoms with Gasteiger partial charge in [-0.15, -0.1) is 0 Å². The topological polar surface area (TPSA) is 145 Å². The highest BCUT2D eigenvalue weighted by Gasteiger charge is 2.32. The van der Waals surface area contributed by atoms with Crippen molar-refractivity contribution in [2.45, 2.75) is 30.7 Å². The number of hydrogen-bond donors (Lipinski definition) is 4. The second kappa shape index (κ2) is 11.6. The second-order valence-electron chi connectivity index (χ2n) is 8.38. The number of sulfonamides is 1. The van der Waals surface area contributed by atoms with Gasteiger partial charge in [0.25, 0.3) is 10.0 Å². The van der Waals surface area contributed by atoms with Crippen molar-refractivity contribution in [1.29, 1.82) is 0 Å². The number of anilines is 2. The Bertz CT molecular complexity index is 1400. The van der Waals surface area contributed by atoms with E-state index in [1.807, 2.05) is 10.8 Å². The van der Waals surface area contributed by atoms with Crippen LogP contribution in [0.15, 0.2) is 77.7 Å². The lowest BCUT2D eigenvalue weighted by Gasteiger charge is -2.29. The van der Waals surface area contributed by atoms with Crippen LogP contribution in [-0.4, -0.2) is 45.0 Å². The maximum absolute atomic E-state index is 13.6. The van der Waals surface area contributed by atoms with E-state index in [-0.39, 0.29) is 16.3 Å². The molecule has 11 heteroatoms. The number of urea groups is 1. The molecule has 0 spiro atoms. The zero-order chi connectivity index (χ0) is 27.2. The number of amides is 4. The summed E-state index contributed by atoms with van der Waals surface area (Å²) in [5, 5.41) is 14.8. The van der Waals surface area contributed by atoms with Crippen molar-refractivity contribution >= 4 is 39.7 Å². The molecule has 2 unspecified atom stereocenters. The van der Waals surface area contributed by atoms with Crippen LogP contribution in [0.25, 0.3) is 0 Å². The number of phenols is 1. The van der Waals surface area contributed by atoms with E-state index < -0.39 is 33.9 Å². The zero-order valence-electron chi connectivity index (χ0n) is 20.5. The lowest BCUT2D eigenvalue weighted by Crippen LogP contribution is -2.53. The number of carbonyl (C=O) groups is 3. The largest absolute Gasteiger partial charge is 0.506 e. The molecule has 0 heterocycles. The van der Waals surface area contributed by atoms with Crippen molar-refractivity contribution in [2.24, 2.45) is 0 Å². The molecule has 194 valence electrons. The predicted octanol–water partition coefficient (Wildman–Crippen LogP) is 3.09. The molecule has 3 aromatic rings. The summed E-state index contributed by atoms with van der Waals surface area (Å²) in [7, 11) is -2.73. The summed E-state index contributed by atoms with van der Waals surface area (Å²) in [6.45, 7) is 3.34. The van der Waals surface area contributed by atoms with E-state index >= 15 is 0 Å². The first-order valence-electron chi connectivity index (χ1n) is 11.3. The number of benzene rings is 3. The summed E-state index contributed by atoms with van der Waals surface area (Å²) in [4.78, 5) is 38.5. The minimum Gasteiger partial charge on any atom is -0.506 e. The summed E-state index contributed by atoms with van der Waals surface area (Å²) < 4.78 is 27.6. The Morgan fingerprint density at radius 3 is 2.30 bits per heavy atom.